The maximum atomic E-state index is 5.29. The molecule has 0 bridgehead atoms. The summed E-state index contributed by atoms with van der Waals surface area (Å²) >= 11 is 2.34. The van der Waals surface area contributed by atoms with Gasteiger partial charge in [-0.3, -0.25) is 0 Å². The summed E-state index contributed by atoms with van der Waals surface area (Å²) in [5.74, 6) is 0. The van der Waals surface area contributed by atoms with Crippen LogP contribution in [0.4, 0.5) is 5.69 Å². The van der Waals surface area contributed by atoms with E-state index in [1.807, 2.05) is 12.4 Å². The first-order valence-electron chi connectivity index (χ1n) is 5.71. The summed E-state index contributed by atoms with van der Waals surface area (Å²) in [6, 6.07) is 2.23. The highest BCUT2D eigenvalue weighted by molar-refractivity contribution is 14.1. The molecule has 0 unspecified atom stereocenters. The first-order valence-corrected chi connectivity index (χ1v) is 6.79. The Morgan fingerprint density at radius 2 is 2.24 bits per heavy atom. The number of aromatic nitrogens is 2. The fourth-order valence-corrected chi connectivity index (χ4v) is 3.22. The Morgan fingerprint density at radius 3 is 2.94 bits per heavy atom. The lowest BCUT2D eigenvalue weighted by atomic mass is 9.78. The van der Waals surface area contributed by atoms with Gasteiger partial charge in [-0.1, -0.05) is 0 Å². The van der Waals surface area contributed by atoms with Gasteiger partial charge in [0.1, 0.15) is 5.65 Å². The van der Waals surface area contributed by atoms with Gasteiger partial charge >= 0.3 is 0 Å². The van der Waals surface area contributed by atoms with Crippen molar-refractivity contribution in [3.05, 3.63) is 22.0 Å². The van der Waals surface area contributed by atoms with Gasteiger partial charge in [-0.25, -0.2) is 4.98 Å². The largest absolute Gasteiger partial charge is 0.380 e. The van der Waals surface area contributed by atoms with E-state index in [-0.39, 0.29) is 0 Å². The molecular formula is C12H12IN3O. The first kappa shape index (κ1) is 10.1. The van der Waals surface area contributed by atoms with E-state index < -0.39 is 0 Å². The molecule has 17 heavy (non-hydrogen) atoms. The number of nitrogens with one attached hydrogen (secondary N) is 1. The zero-order chi connectivity index (χ0) is 11.5. The summed E-state index contributed by atoms with van der Waals surface area (Å²) in [5, 5.41) is 1.22. The lowest BCUT2D eigenvalue weighted by molar-refractivity contribution is -0.127. The van der Waals surface area contributed by atoms with Crippen LogP contribution < -0.4 is 4.90 Å². The van der Waals surface area contributed by atoms with Crippen molar-refractivity contribution < 1.29 is 4.74 Å². The number of anilines is 1. The van der Waals surface area contributed by atoms with Gasteiger partial charge in [-0.15, -0.1) is 0 Å². The standard InChI is InChI=1S/C12H12IN3O/c13-10-3-15-11-9(10)1-8(2-14-11)16-4-12(5-16)6-17-7-12/h1-3H,4-7H2,(H,14,15). The number of fused-ring (bicyclic) bond motifs is 1. The Labute approximate surface area is 112 Å². The van der Waals surface area contributed by atoms with Crippen LogP contribution in [0, 0.1) is 8.99 Å². The molecule has 5 heteroatoms. The van der Waals surface area contributed by atoms with Crippen LogP contribution in [0.25, 0.3) is 11.0 Å². The Hall–Kier alpha value is -0.820. The molecule has 2 aromatic rings. The van der Waals surface area contributed by atoms with Crippen LogP contribution >= 0.6 is 22.6 Å². The zero-order valence-corrected chi connectivity index (χ0v) is 11.4. The molecule has 2 aliphatic rings. The van der Waals surface area contributed by atoms with E-state index in [9.17, 15) is 0 Å². The maximum absolute atomic E-state index is 5.29. The van der Waals surface area contributed by atoms with Crippen molar-refractivity contribution in [2.75, 3.05) is 31.2 Å². The van der Waals surface area contributed by atoms with Crippen LogP contribution in [0.3, 0.4) is 0 Å². The molecule has 88 valence electrons. The highest BCUT2D eigenvalue weighted by atomic mass is 127. The van der Waals surface area contributed by atoms with Crippen molar-refractivity contribution in [2.45, 2.75) is 0 Å². The molecular weight excluding hydrogens is 329 g/mol. The highest BCUT2D eigenvalue weighted by Crippen LogP contribution is 2.40. The molecule has 4 rings (SSSR count). The predicted molar refractivity (Wildman–Crippen MR) is 74.3 cm³/mol. The van der Waals surface area contributed by atoms with E-state index >= 15 is 0 Å². The SMILES string of the molecule is Ic1c[nH]c2ncc(N3CC4(COC4)C3)cc12. The van der Waals surface area contributed by atoms with Crippen molar-refractivity contribution in [1.82, 2.24) is 9.97 Å². The van der Waals surface area contributed by atoms with E-state index in [4.69, 9.17) is 4.74 Å². The second-order valence-electron chi connectivity index (χ2n) is 5.08. The second kappa shape index (κ2) is 3.35. The normalized spacial score (nSPS) is 21.6. The topological polar surface area (TPSA) is 41.2 Å². The highest BCUT2D eigenvalue weighted by Gasteiger charge is 2.49. The molecule has 2 aliphatic heterocycles. The Morgan fingerprint density at radius 1 is 1.41 bits per heavy atom. The minimum atomic E-state index is 0.459. The third-order valence-electron chi connectivity index (χ3n) is 3.70. The number of H-pyrrole nitrogens is 1. The zero-order valence-electron chi connectivity index (χ0n) is 9.24. The molecule has 2 fully saturated rings. The van der Waals surface area contributed by atoms with Gasteiger partial charge in [0.2, 0.25) is 0 Å². The molecule has 0 radical (unpaired) electrons. The smallest absolute Gasteiger partial charge is 0.138 e. The summed E-state index contributed by atoms with van der Waals surface area (Å²) < 4.78 is 6.52. The van der Waals surface area contributed by atoms with Gasteiger partial charge < -0.3 is 14.6 Å². The Kier molecular flexibility index (Phi) is 2.00. The molecule has 1 spiro atoms. The number of hydrogen-bond donors (Lipinski definition) is 1. The molecule has 0 atom stereocenters. The van der Waals surface area contributed by atoms with Crippen LogP contribution in [0.1, 0.15) is 0 Å². The summed E-state index contributed by atoms with van der Waals surface area (Å²) in [5.41, 5.74) is 2.66. The lowest BCUT2D eigenvalue weighted by Crippen LogP contribution is -2.66. The summed E-state index contributed by atoms with van der Waals surface area (Å²) in [6.07, 6.45) is 3.96. The number of pyridine rings is 1. The first-order chi connectivity index (χ1) is 8.26. The molecule has 0 saturated carbocycles. The van der Waals surface area contributed by atoms with Crippen molar-refractivity contribution in [3.8, 4) is 0 Å². The number of rotatable bonds is 1. The molecule has 2 aromatic heterocycles. The van der Waals surface area contributed by atoms with Crippen LogP contribution in [-0.2, 0) is 4.74 Å². The molecule has 0 amide bonds. The van der Waals surface area contributed by atoms with Crippen molar-refractivity contribution in [1.29, 1.82) is 0 Å². The van der Waals surface area contributed by atoms with Gasteiger partial charge in [0.25, 0.3) is 0 Å². The van der Waals surface area contributed by atoms with Gasteiger partial charge in [-0.2, -0.15) is 0 Å². The Bertz CT molecular complexity index is 582. The molecule has 1 N–H and O–H groups in total. The molecule has 4 nitrogen and oxygen atoms in total. The second-order valence-corrected chi connectivity index (χ2v) is 6.24. The summed E-state index contributed by atoms with van der Waals surface area (Å²) in [6.45, 7) is 4.09. The monoisotopic (exact) mass is 341 g/mol. The van der Waals surface area contributed by atoms with Crippen molar-refractivity contribution >= 4 is 39.3 Å². The molecule has 0 aliphatic carbocycles. The van der Waals surface area contributed by atoms with E-state index in [1.54, 1.807) is 0 Å². The predicted octanol–water partition coefficient (Wildman–Crippen LogP) is 2.00. The van der Waals surface area contributed by atoms with Crippen LogP contribution in [0.2, 0.25) is 0 Å². The third kappa shape index (κ3) is 1.41. The van der Waals surface area contributed by atoms with E-state index in [2.05, 4.69) is 43.5 Å². The van der Waals surface area contributed by atoms with E-state index in [0.29, 0.717) is 5.41 Å². The Balaban J connectivity index is 1.65. The van der Waals surface area contributed by atoms with Crippen LogP contribution in [0.15, 0.2) is 18.5 Å². The fraction of sp³-hybridized carbons (Fsp3) is 0.417. The number of halogens is 1. The quantitative estimate of drug-likeness (QED) is 0.807. The molecule has 4 heterocycles. The number of hydrogen-bond acceptors (Lipinski definition) is 3. The number of ether oxygens (including phenoxy) is 1. The minimum Gasteiger partial charge on any atom is -0.380 e. The average molecular weight is 341 g/mol. The van der Waals surface area contributed by atoms with Gasteiger partial charge in [0, 0.05) is 28.2 Å². The molecule has 0 aromatic carbocycles. The van der Waals surface area contributed by atoms with Crippen LogP contribution in [0.5, 0.6) is 0 Å². The van der Waals surface area contributed by atoms with Crippen molar-refractivity contribution in [3.63, 3.8) is 0 Å². The lowest BCUT2D eigenvalue weighted by Gasteiger charge is -2.55. The number of aromatic amines is 1. The number of nitrogens with zero attached hydrogens (tertiary/aromatic N) is 2. The summed E-state index contributed by atoms with van der Waals surface area (Å²) in [4.78, 5) is 10.0. The van der Waals surface area contributed by atoms with E-state index in [0.717, 1.165) is 32.0 Å². The van der Waals surface area contributed by atoms with Crippen molar-refractivity contribution in [2.24, 2.45) is 5.41 Å². The van der Waals surface area contributed by atoms with E-state index in [1.165, 1.54) is 14.6 Å². The fourth-order valence-electron chi connectivity index (χ4n) is 2.65. The molecule has 2 saturated heterocycles. The van der Waals surface area contributed by atoms with Gasteiger partial charge in [-0.05, 0) is 28.7 Å². The summed E-state index contributed by atoms with van der Waals surface area (Å²) in [7, 11) is 0. The maximum Gasteiger partial charge on any atom is 0.138 e. The van der Waals surface area contributed by atoms with Gasteiger partial charge in [0.05, 0.1) is 30.5 Å². The van der Waals surface area contributed by atoms with Gasteiger partial charge in [0.15, 0.2) is 0 Å². The minimum absolute atomic E-state index is 0.459. The van der Waals surface area contributed by atoms with Crippen LogP contribution in [-0.4, -0.2) is 36.3 Å². The average Bonchev–Trinajstić information content (AvgIpc) is 2.57. The third-order valence-corrected chi connectivity index (χ3v) is 4.59.